The van der Waals surface area contributed by atoms with E-state index in [1.807, 2.05) is 6.08 Å². The molecule has 2 rings (SSSR count). The van der Waals surface area contributed by atoms with Gasteiger partial charge in [-0.3, -0.25) is 4.79 Å². The van der Waals surface area contributed by atoms with E-state index in [9.17, 15) is 45.6 Å². The molecule has 2 saturated heterocycles. The molecule has 14 heteroatoms. The summed E-state index contributed by atoms with van der Waals surface area (Å²) in [5.41, 5.74) is 0. The van der Waals surface area contributed by atoms with Gasteiger partial charge in [0.2, 0.25) is 5.91 Å². The molecule has 14 nitrogen and oxygen atoms in total. The van der Waals surface area contributed by atoms with E-state index in [-0.39, 0.29) is 18.9 Å². The Kier molecular flexibility index (Phi) is 37.7. The Labute approximate surface area is 411 Å². The molecule has 2 aliphatic rings. The average Bonchev–Trinajstić information content (AvgIpc) is 3.34. The number of aliphatic hydroxyl groups excluding tert-OH is 8. The summed E-state index contributed by atoms with van der Waals surface area (Å²) in [5.74, 6) is -0.249. The second-order valence-electron chi connectivity index (χ2n) is 19.7. The number of hydrogen-bond acceptors (Lipinski definition) is 13. The van der Waals surface area contributed by atoms with Gasteiger partial charge in [0.25, 0.3) is 0 Å². The maximum atomic E-state index is 13.2. The molecule has 1 amide bonds. The van der Waals surface area contributed by atoms with Crippen molar-refractivity contribution < 1.29 is 64.6 Å². The Bertz CT molecular complexity index is 1240. The third-order valence-electron chi connectivity index (χ3n) is 13.6. The van der Waals surface area contributed by atoms with Crippen LogP contribution < -0.4 is 5.32 Å². The van der Waals surface area contributed by atoms with Crippen LogP contribution in [0.4, 0.5) is 0 Å². The van der Waals surface area contributed by atoms with E-state index in [4.69, 9.17) is 18.9 Å². The minimum Gasteiger partial charge on any atom is -0.394 e. The van der Waals surface area contributed by atoms with Crippen molar-refractivity contribution in [1.82, 2.24) is 5.32 Å². The summed E-state index contributed by atoms with van der Waals surface area (Å²) in [6.45, 7) is 2.78. The van der Waals surface area contributed by atoms with Crippen molar-refractivity contribution in [3.63, 3.8) is 0 Å². The number of hydrogen-bond donors (Lipinski definition) is 9. The molecule has 0 saturated carbocycles. The van der Waals surface area contributed by atoms with Crippen molar-refractivity contribution in [3.05, 3.63) is 24.3 Å². The third kappa shape index (κ3) is 27.3. The average molecular weight is 972 g/mol. The molecular weight excluding hydrogens is 871 g/mol. The Morgan fingerprint density at radius 3 is 1.44 bits per heavy atom. The summed E-state index contributed by atoms with van der Waals surface area (Å²) in [5, 5.41) is 86.8. The first-order valence-corrected chi connectivity index (χ1v) is 27.6. The highest BCUT2D eigenvalue weighted by atomic mass is 16.7. The van der Waals surface area contributed by atoms with Crippen LogP contribution in [0.25, 0.3) is 0 Å². The zero-order valence-corrected chi connectivity index (χ0v) is 42.6. The maximum absolute atomic E-state index is 13.2. The smallest absolute Gasteiger partial charge is 0.220 e. The lowest BCUT2D eigenvalue weighted by Crippen LogP contribution is -2.65. The first kappa shape index (κ1) is 62.6. The van der Waals surface area contributed by atoms with Crippen molar-refractivity contribution in [2.75, 3.05) is 19.8 Å². The Balaban J connectivity index is 1.80. The van der Waals surface area contributed by atoms with Crippen LogP contribution in [-0.4, -0.2) is 140 Å². The lowest BCUT2D eigenvalue weighted by Gasteiger charge is -2.46. The molecule has 0 radical (unpaired) electrons. The van der Waals surface area contributed by atoms with Gasteiger partial charge in [-0.25, -0.2) is 0 Å². The number of aliphatic hydroxyl groups is 8. The van der Waals surface area contributed by atoms with Crippen molar-refractivity contribution in [2.45, 2.75) is 293 Å². The molecule has 0 aromatic rings. The number of carbonyl (C=O) groups excluding carboxylic acids is 1. The monoisotopic (exact) mass is 972 g/mol. The molecule has 0 aromatic heterocycles. The number of unbranched alkanes of at least 4 members (excludes halogenated alkanes) is 28. The first-order valence-electron chi connectivity index (χ1n) is 27.6. The summed E-state index contributed by atoms with van der Waals surface area (Å²) in [6, 6.07) is -0.926. The van der Waals surface area contributed by atoms with Gasteiger partial charge in [0, 0.05) is 6.42 Å². The van der Waals surface area contributed by atoms with E-state index in [0.29, 0.717) is 12.8 Å². The van der Waals surface area contributed by atoms with Crippen LogP contribution >= 0.6 is 0 Å². The largest absolute Gasteiger partial charge is 0.394 e. The van der Waals surface area contributed by atoms with Gasteiger partial charge in [-0.1, -0.05) is 205 Å². The van der Waals surface area contributed by atoms with Crippen LogP contribution in [0.2, 0.25) is 0 Å². The molecule has 68 heavy (non-hydrogen) atoms. The topological polar surface area (TPSA) is 228 Å². The molecule has 2 aliphatic heterocycles. The van der Waals surface area contributed by atoms with E-state index < -0.39 is 86.8 Å². The molecule has 0 spiro atoms. The zero-order chi connectivity index (χ0) is 49.6. The van der Waals surface area contributed by atoms with Crippen LogP contribution in [0.3, 0.4) is 0 Å². The van der Waals surface area contributed by atoms with Crippen molar-refractivity contribution in [2.24, 2.45) is 0 Å². The minimum absolute atomic E-state index is 0.249. The summed E-state index contributed by atoms with van der Waals surface area (Å²) in [4.78, 5) is 13.2. The predicted molar refractivity (Wildman–Crippen MR) is 268 cm³/mol. The van der Waals surface area contributed by atoms with Gasteiger partial charge in [0.15, 0.2) is 12.6 Å². The minimum atomic E-state index is -1.79. The van der Waals surface area contributed by atoms with Crippen LogP contribution in [-0.2, 0) is 23.7 Å². The maximum Gasteiger partial charge on any atom is 0.220 e. The molecule has 9 N–H and O–H groups in total. The highest BCUT2D eigenvalue weighted by Crippen LogP contribution is 2.30. The van der Waals surface area contributed by atoms with E-state index in [1.54, 1.807) is 6.08 Å². The molecule has 0 bridgehead atoms. The van der Waals surface area contributed by atoms with Gasteiger partial charge in [0.1, 0.15) is 48.8 Å². The summed E-state index contributed by atoms with van der Waals surface area (Å²) >= 11 is 0. The fraction of sp³-hybridized carbons (Fsp3) is 0.907. The first-order chi connectivity index (χ1) is 33.1. The highest BCUT2D eigenvalue weighted by molar-refractivity contribution is 5.76. The summed E-state index contributed by atoms with van der Waals surface area (Å²) in [7, 11) is 0. The normalized spacial score (nSPS) is 26.5. The molecule has 12 unspecified atom stereocenters. The van der Waals surface area contributed by atoms with E-state index in [1.165, 1.54) is 154 Å². The van der Waals surface area contributed by atoms with Crippen molar-refractivity contribution in [1.29, 1.82) is 0 Å². The van der Waals surface area contributed by atoms with Gasteiger partial charge in [-0.2, -0.15) is 0 Å². The lowest BCUT2D eigenvalue weighted by atomic mass is 9.97. The SMILES string of the molecule is CCCCCCCCCCCCCCCCCC/C=C/CC/C=C/C(O)C(COC1OC(CO)C(OC2OC(CO)C(O)C(O)C2O)C(O)C1O)NC(=O)CCCCCCCCCCCCCC. The van der Waals surface area contributed by atoms with Gasteiger partial charge in [-0.15, -0.1) is 0 Å². The van der Waals surface area contributed by atoms with Gasteiger partial charge < -0.3 is 65.1 Å². The van der Waals surface area contributed by atoms with E-state index in [0.717, 1.165) is 32.1 Å². The molecule has 2 fully saturated rings. The Morgan fingerprint density at radius 1 is 0.515 bits per heavy atom. The fourth-order valence-corrected chi connectivity index (χ4v) is 9.13. The van der Waals surface area contributed by atoms with Gasteiger partial charge in [0.05, 0.1) is 32.0 Å². The van der Waals surface area contributed by atoms with Crippen LogP contribution in [0, 0.1) is 0 Å². The number of amides is 1. The molecule has 400 valence electrons. The standard InChI is InChI=1S/C54H101NO13/c1-3-5-7-9-11-13-15-17-18-19-20-21-22-23-24-25-26-27-29-31-33-35-37-43(58)42(55-46(59)38-36-34-32-30-28-16-14-12-10-8-6-4-2)41-65-53-51(64)49(62)52(45(40-57)67-53)68-54-50(63)48(61)47(60)44(39-56)66-54/h27,29,35,37,42-45,47-54,56-58,60-64H,3-26,28,30-34,36,38-41H2,1-2H3,(H,55,59)/b29-27+,37-35+. The van der Waals surface area contributed by atoms with Crippen LogP contribution in [0.1, 0.15) is 219 Å². The summed E-state index contributed by atoms with van der Waals surface area (Å²) in [6.07, 6.45) is 29.4. The van der Waals surface area contributed by atoms with Gasteiger partial charge in [-0.05, 0) is 32.1 Å². The number of nitrogens with one attached hydrogen (secondary N) is 1. The highest BCUT2D eigenvalue weighted by Gasteiger charge is 2.51. The van der Waals surface area contributed by atoms with Crippen LogP contribution in [0.15, 0.2) is 24.3 Å². The summed E-state index contributed by atoms with van der Waals surface area (Å²) < 4.78 is 22.7. The second-order valence-corrected chi connectivity index (χ2v) is 19.7. The number of ether oxygens (including phenoxy) is 4. The quantitative estimate of drug-likeness (QED) is 0.0208. The van der Waals surface area contributed by atoms with E-state index in [2.05, 4.69) is 31.3 Å². The molecule has 12 atom stereocenters. The van der Waals surface area contributed by atoms with Crippen molar-refractivity contribution in [3.8, 4) is 0 Å². The van der Waals surface area contributed by atoms with Crippen LogP contribution in [0.5, 0.6) is 0 Å². The second kappa shape index (κ2) is 41.0. The van der Waals surface area contributed by atoms with E-state index >= 15 is 0 Å². The molecule has 2 heterocycles. The van der Waals surface area contributed by atoms with Crippen molar-refractivity contribution >= 4 is 5.91 Å². The lowest BCUT2D eigenvalue weighted by molar-refractivity contribution is -0.359. The fourth-order valence-electron chi connectivity index (χ4n) is 9.13. The Morgan fingerprint density at radius 2 is 0.941 bits per heavy atom. The molecule has 0 aromatic carbocycles. The predicted octanol–water partition coefficient (Wildman–Crippen LogP) is 8.11. The number of rotatable bonds is 43. The molecular formula is C54H101NO13. The zero-order valence-electron chi connectivity index (χ0n) is 42.6. The number of allylic oxidation sites excluding steroid dienone is 3. The Hall–Kier alpha value is -1.53. The number of carbonyl (C=O) groups is 1. The van der Waals surface area contributed by atoms with Gasteiger partial charge >= 0.3 is 0 Å². The third-order valence-corrected chi connectivity index (χ3v) is 13.6. The molecule has 0 aliphatic carbocycles.